The second-order valence-corrected chi connectivity index (χ2v) is 5.14. The molecule has 0 aliphatic carbocycles. The molecule has 3 heteroatoms. The van der Waals surface area contributed by atoms with E-state index >= 15 is 0 Å². The van der Waals surface area contributed by atoms with Crippen LogP contribution in [-0.2, 0) is 5.88 Å². The molecule has 0 aromatic heterocycles. The Hall–Kier alpha value is -0.760. The molecule has 0 N–H and O–H groups in total. The highest BCUT2D eigenvalue weighted by Gasteiger charge is 2.17. The average Bonchev–Trinajstić information content (AvgIpc) is 2.35. The molecule has 1 nitrogen and oxygen atoms in total. The van der Waals surface area contributed by atoms with Crippen LogP contribution in [0.3, 0.4) is 0 Å². The van der Waals surface area contributed by atoms with E-state index in [4.69, 9.17) is 11.6 Å². The van der Waals surface area contributed by atoms with Crippen molar-refractivity contribution >= 4 is 17.3 Å². The number of nitrogens with zero attached hydrogens (tertiary/aromatic N) is 1. The van der Waals surface area contributed by atoms with Gasteiger partial charge in [-0.15, -0.1) is 11.6 Å². The highest BCUT2D eigenvalue weighted by molar-refractivity contribution is 6.17. The second-order valence-electron chi connectivity index (χ2n) is 4.88. The van der Waals surface area contributed by atoms with Crippen LogP contribution >= 0.6 is 11.6 Å². The van der Waals surface area contributed by atoms with Gasteiger partial charge in [0.25, 0.3) is 0 Å². The van der Waals surface area contributed by atoms with Crippen LogP contribution in [0.5, 0.6) is 0 Å². The molecule has 18 heavy (non-hydrogen) atoms. The molecule has 0 fully saturated rings. The highest BCUT2D eigenvalue weighted by Crippen LogP contribution is 2.28. The molecule has 0 unspecified atom stereocenters. The standard InChI is InChI=1S/C15H23ClFN/c1-4-5-6-10-18(12(2)3)15-13(11-16)8-7-9-14(15)17/h7-9,12H,4-6,10-11H2,1-3H3. The summed E-state index contributed by atoms with van der Waals surface area (Å²) in [5.41, 5.74) is 1.56. The van der Waals surface area contributed by atoms with Crippen molar-refractivity contribution in [1.29, 1.82) is 0 Å². The van der Waals surface area contributed by atoms with Crippen molar-refractivity contribution in [3.05, 3.63) is 29.6 Å². The summed E-state index contributed by atoms with van der Waals surface area (Å²) in [6.07, 6.45) is 3.43. The second kappa shape index (κ2) is 7.63. The molecule has 0 bridgehead atoms. The third kappa shape index (κ3) is 3.88. The maximum atomic E-state index is 14.1. The molecule has 0 saturated carbocycles. The van der Waals surface area contributed by atoms with Crippen LogP contribution in [0.4, 0.5) is 10.1 Å². The summed E-state index contributed by atoms with van der Waals surface area (Å²) < 4.78 is 14.1. The Morgan fingerprint density at radius 3 is 2.56 bits per heavy atom. The quantitative estimate of drug-likeness (QED) is 0.500. The molecule has 0 aliphatic heterocycles. The van der Waals surface area contributed by atoms with Gasteiger partial charge in [-0.1, -0.05) is 31.9 Å². The summed E-state index contributed by atoms with van der Waals surface area (Å²) in [6.45, 7) is 7.25. The minimum Gasteiger partial charge on any atom is -0.366 e. The van der Waals surface area contributed by atoms with Crippen molar-refractivity contribution < 1.29 is 4.39 Å². The molecule has 0 radical (unpaired) electrons. The minimum atomic E-state index is -0.168. The van der Waals surface area contributed by atoms with Crippen LogP contribution in [0.25, 0.3) is 0 Å². The van der Waals surface area contributed by atoms with Gasteiger partial charge in [-0.05, 0) is 31.9 Å². The van der Waals surface area contributed by atoms with E-state index in [9.17, 15) is 4.39 Å². The van der Waals surface area contributed by atoms with Gasteiger partial charge in [-0.3, -0.25) is 0 Å². The third-order valence-electron chi connectivity index (χ3n) is 3.13. The van der Waals surface area contributed by atoms with E-state index in [2.05, 4.69) is 25.7 Å². The van der Waals surface area contributed by atoms with Crippen LogP contribution in [0.15, 0.2) is 18.2 Å². The lowest BCUT2D eigenvalue weighted by atomic mass is 10.1. The number of hydrogen-bond donors (Lipinski definition) is 0. The lowest BCUT2D eigenvalue weighted by Crippen LogP contribution is -2.33. The van der Waals surface area contributed by atoms with E-state index in [-0.39, 0.29) is 11.9 Å². The van der Waals surface area contributed by atoms with E-state index in [0.29, 0.717) is 11.6 Å². The van der Waals surface area contributed by atoms with E-state index in [0.717, 1.165) is 18.5 Å². The Kier molecular flexibility index (Phi) is 6.48. The maximum absolute atomic E-state index is 14.1. The average molecular weight is 272 g/mol. The van der Waals surface area contributed by atoms with E-state index in [1.54, 1.807) is 6.07 Å². The fraction of sp³-hybridized carbons (Fsp3) is 0.600. The molecule has 1 rings (SSSR count). The lowest BCUT2D eigenvalue weighted by Gasteiger charge is -2.31. The Bertz CT molecular complexity index is 366. The molecule has 102 valence electrons. The van der Waals surface area contributed by atoms with Gasteiger partial charge in [-0.2, -0.15) is 0 Å². The number of hydrogen-bond acceptors (Lipinski definition) is 1. The molecule has 0 saturated heterocycles. The number of anilines is 1. The van der Waals surface area contributed by atoms with Crippen LogP contribution in [-0.4, -0.2) is 12.6 Å². The summed E-state index contributed by atoms with van der Waals surface area (Å²) in [5.74, 6) is 0.183. The van der Waals surface area contributed by atoms with Gasteiger partial charge < -0.3 is 4.90 Å². The molecule has 1 aromatic carbocycles. The van der Waals surface area contributed by atoms with Crippen molar-refractivity contribution in [3.8, 4) is 0 Å². The number of halogens is 2. The summed E-state index contributed by atoms with van der Waals surface area (Å²) in [5, 5.41) is 0. The van der Waals surface area contributed by atoms with Crippen molar-refractivity contribution in [2.24, 2.45) is 0 Å². The summed E-state index contributed by atoms with van der Waals surface area (Å²) >= 11 is 5.92. The number of para-hydroxylation sites is 1. The van der Waals surface area contributed by atoms with E-state index in [1.165, 1.54) is 18.9 Å². The molecule has 0 atom stereocenters. The number of alkyl halides is 1. The normalized spacial score (nSPS) is 11.0. The maximum Gasteiger partial charge on any atom is 0.146 e. The Morgan fingerprint density at radius 2 is 2.00 bits per heavy atom. The van der Waals surface area contributed by atoms with Crippen molar-refractivity contribution in [3.63, 3.8) is 0 Å². The molecule has 0 spiro atoms. The highest BCUT2D eigenvalue weighted by atomic mass is 35.5. The molecule has 0 aliphatic rings. The van der Waals surface area contributed by atoms with Gasteiger partial charge in [0, 0.05) is 18.5 Å². The molecule has 0 heterocycles. The SMILES string of the molecule is CCCCCN(c1c(F)cccc1CCl)C(C)C. The van der Waals surface area contributed by atoms with Crippen LogP contribution < -0.4 is 4.90 Å². The van der Waals surface area contributed by atoms with Gasteiger partial charge in [0.1, 0.15) is 5.82 Å². The zero-order valence-corrected chi connectivity index (χ0v) is 12.3. The number of rotatable bonds is 7. The Morgan fingerprint density at radius 1 is 1.28 bits per heavy atom. The van der Waals surface area contributed by atoms with Crippen LogP contribution in [0.1, 0.15) is 45.6 Å². The van der Waals surface area contributed by atoms with E-state index in [1.807, 2.05) is 6.07 Å². The topological polar surface area (TPSA) is 3.24 Å². The van der Waals surface area contributed by atoms with Gasteiger partial charge >= 0.3 is 0 Å². The van der Waals surface area contributed by atoms with Crippen molar-refractivity contribution in [1.82, 2.24) is 0 Å². The fourth-order valence-corrected chi connectivity index (χ4v) is 2.37. The zero-order chi connectivity index (χ0) is 13.5. The van der Waals surface area contributed by atoms with Gasteiger partial charge in [0.2, 0.25) is 0 Å². The first kappa shape index (κ1) is 15.3. The smallest absolute Gasteiger partial charge is 0.146 e. The molecule has 1 aromatic rings. The van der Waals surface area contributed by atoms with Gasteiger partial charge in [0.05, 0.1) is 5.69 Å². The fourth-order valence-electron chi connectivity index (χ4n) is 2.15. The Labute approximate surface area is 115 Å². The van der Waals surface area contributed by atoms with Crippen LogP contribution in [0.2, 0.25) is 0 Å². The van der Waals surface area contributed by atoms with Crippen molar-refractivity contribution in [2.45, 2.75) is 52.0 Å². The first-order valence-corrected chi connectivity index (χ1v) is 7.25. The minimum absolute atomic E-state index is 0.168. The third-order valence-corrected chi connectivity index (χ3v) is 3.42. The molecular formula is C15H23ClFN. The first-order valence-electron chi connectivity index (χ1n) is 6.71. The van der Waals surface area contributed by atoms with Crippen LogP contribution in [0, 0.1) is 5.82 Å². The molecular weight excluding hydrogens is 249 g/mol. The number of benzene rings is 1. The number of unbranched alkanes of at least 4 members (excludes halogenated alkanes) is 2. The Balaban J connectivity index is 2.97. The summed E-state index contributed by atoms with van der Waals surface area (Å²) in [7, 11) is 0. The summed E-state index contributed by atoms with van der Waals surface area (Å²) in [6, 6.07) is 5.42. The lowest BCUT2D eigenvalue weighted by molar-refractivity contribution is 0.581. The monoisotopic (exact) mass is 271 g/mol. The van der Waals surface area contributed by atoms with Gasteiger partial charge in [0.15, 0.2) is 0 Å². The molecule has 0 amide bonds. The van der Waals surface area contributed by atoms with Gasteiger partial charge in [-0.25, -0.2) is 4.39 Å². The zero-order valence-electron chi connectivity index (χ0n) is 11.5. The first-order chi connectivity index (χ1) is 8.61. The van der Waals surface area contributed by atoms with Crippen molar-refractivity contribution in [2.75, 3.05) is 11.4 Å². The predicted octanol–water partition coefficient (Wildman–Crippen LogP) is 4.97. The predicted molar refractivity (Wildman–Crippen MR) is 78.0 cm³/mol. The largest absolute Gasteiger partial charge is 0.366 e. The van der Waals surface area contributed by atoms with E-state index < -0.39 is 0 Å². The summed E-state index contributed by atoms with van der Waals surface area (Å²) in [4.78, 5) is 2.13.